The number of urea groups is 1. The van der Waals surface area contributed by atoms with Gasteiger partial charge in [0.25, 0.3) is 0 Å². The zero-order chi connectivity index (χ0) is 17.8. The van der Waals surface area contributed by atoms with E-state index in [4.69, 9.17) is 0 Å². The number of anilines is 1. The summed E-state index contributed by atoms with van der Waals surface area (Å²) in [6, 6.07) is 9.44. The Hall–Kier alpha value is -2.51. The molecule has 2 heterocycles. The van der Waals surface area contributed by atoms with Crippen molar-refractivity contribution in [3.63, 3.8) is 0 Å². The van der Waals surface area contributed by atoms with Crippen LogP contribution in [-0.4, -0.2) is 35.0 Å². The van der Waals surface area contributed by atoms with Gasteiger partial charge in [-0.15, -0.1) is 11.3 Å². The van der Waals surface area contributed by atoms with E-state index < -0.39 is 0 Å². The Morgan fingerprint density at radius 1 is 1.20 bits per heavy atom. The zero-order valence-electron chi connectivity index (χ0n) is 14.5. The van der Waals surface area contributed by atoms with Crippen LogP contribution in [-0.2, 0) is 13.1 Å². The second-order valence-corrected chi connectivity index (χ2v) is 7.05. The number of aryl methyl sites for hydroxylation is 1. The van der Waals surface area contributed by atoms with Crippen LogP contribution in [0.5, 0.6) is 0 Å². The van der Waals surface area contributed by atoms with E-state index in [1.165, 1.54) is 0 Å². The van der Waals surface area contributed by atoms with E-state index in [2.05, 4.69) is 25.5 Å². The second kappa shape index (κ2) is 7.58. The van der Waals surface area contributed by atoms with Gasteiger partial charge in [0.05, 0.1) is 23.4 Å². The number of amides is 2. The quantitative estimate of drug-likeness (QED) is 0.736. The highest BCUT2D eigenvalue weighted by Crippen LogP contribution is 2.21. The van der Waals surface area contributed by atoms with Gasteiger partial charge in [0.2, 0.25) is 0 Å². The minimum Gasteiger partial charge on any atom is -0.331 e. The van der Waals surface area contributed by atoms with Gasteiger partial charge in [0.1, 0.15) is 5.01 Å². The van der Waals surface area contributed by atoms with E-state index in [1.807, 2.05) is 56.7 Å². The van der Waals surface area contributed by atoms with Crippen LogP contribution in [0.1, 0.15) is 16.4 Å². The van der Waals surface area contributed by atoms with Gasteiger partial charge in [-0.3, -0.25) is 4.98 Å². The van der Waals surface area contributed by atoms with Gasteiger partial charge in [-0.2, -0.15) is 0 Å². The van der Waals surface area contributed by atoms with Crippen LogP contribution in [0.25, 0.3) is 10.9 Å². The van der Waals surface area contributed by atoms with Crippen LogP contribution < -0.4 is 10.6 Å². The number of pyridine rings is 1. The molecule has 0 spiro atoms. The molecule has 3 aromatic rings. The van der Waals surface area contributed by atoms with Crippen molar-refractivity contribution in [2.24, 2.45) is 0 Å². The molecule has 0 bridgehead atoms. The number of carbonyl (C=O) groups excluding carboxylic acids is 1. The van der Waals surface area contributed by atoms with Crippen LogP contribution in [0.4, 0.5) is 10.5 Å². The van der Waals surface area contributed by atoms with Crippen molar-refractivity contribution in [1.29, 1.82) is 0 Å². The standard InChI is InChI=1S/C18H21N5OS/c1-12-7-8-13-5-4-6-15(17(13)20-12)22-18(24)19-9-16-21-14(11-25-16)10-23(2)3/h4-8,11H,9-10H2,1-3H3,(H2,19,22,24). The fourth-order valence-corrected chi connectivity index (χ4v) is 3.22. The van der Waals surface area contributed by atoms with Crippen molar-refractivity contribution >= 4 is 34.0 Å². The SMILES string of the molecule is Cc1ccc2cccc(NC(=O)NCc3nc(CN(C)C)cs3)c2n1. The monoisotopic (exact) mass is 355 g/mol. The maximum atomic E-state index is 12.2. The molecular formula is C18H21N5OS. The molecule has 3 rings (SSSR count). The van der Waals surface area contributed by atoms with Crippen molar-refractivity contribution in [1.82, 2.24) is 20.2 Å². The highest BCUT2D eigenvalue weighted by Gasteiger charge is 2.08. The normalized spacial score (nSPS) is 11.0. The molecule has 2 aromatic heterocycles. The Bertz CT molecular complexity index is 890. The minimum absolute atomic E-state index is 0.264. The maximum absolute atomic E-state index is 12.2. The smallest absolute Gasteiger partial charge is 0.319 e. The number of nitrogens with one attached hydrogen (secondary N) is 2. The predicted molar refractivity (Wildman–Crippen MR) is 102 cm³/mol. The highest BCUT2D eigenvalue weighted by molar-refractivity contribution is 7.09. The molecule has 25 heavy (non-hydrogen) atoms. The lowest BCUT2D eigenvalue weighted by molar-refractivity contribution is 0.251. The third kappa shape index (κ3) is 4.52. The van der Waals surface area contributed by atoms with Gasteiger partial charge in [-0.05, 0) is 33.2 Å². The maximum Gasteiger partial charge on any atom is 0.319 e. The van der Waals surface area contributed by atoms with Crippen LogP contribution >= 0.6 is 11.3 Å². The summed E-state index contributed by atoms with van der Waals surface area (Å²) >= 11 is 1.55. The number of fused-ring (bicyclic) bond motifs is 1. The van der Waals surface area contributed by atoms with E-state index in [0.717, 1.165) is 33.8 Å². The first-order valence-corrected chi connectivity index (χ1v) is 8.88. The molecule has 130 valence electrons. The molecule has 0 radical (unpaired) electrons. The first kappa shape index (κ1) is 17.3. The number of thiazole rings is 1. The first-order valence-electron chi connectivity index (χ1n) is 8.00. The Kier molecular flexibility index (Phi) is 5.25. The third-order valence-electron chi connectivity index (χ3n) is 3.59. The van der Waals surface area contributed by atoms with Crippen LogP contribution in [0, 0.1) is 6.92 Å². The molecule has 0 fully saturated rings. The van der Waals surface area contributed by atoms with Crippen LogP contribution in [0.15, 0.2) is 35.7 Å². The molecule has 0 aliphatic heterocycles. The number of hydrogen-bond acceptors (Lipinski definition) is 5. The Balaban J connectivity index is 1.63. The van der Waals surface area contributed by atoms with Crippen LogP contribution in [0.2, 0.25) is 0 Å². The fourth-order valence-electron chi connectivity index (χ4n) is 2.49. The summed E-state index contributed by atoms with van der Waals surface area (Å²) in [5.41, 5.74) is 3.42. The van der Waals surface area contributed by atoms with Crippen molar-refractivity contribution in [3.05, 3.63) is 52.1 Å². The van der Waals surface area contributed by atoms with E-state index in [0.29, 0.717) is 12.2 Å². The molecule has 6 nitrogen and oxygen atoms in total. The van der Waals surface area contributed by atoms with Gasteiger partial charge in [-0.1, -0.05) is 18.2 Å². The number of aromatic nitrogens is 2. The molecule has 2 amide bonds. The largest absolute Gasteiger partial charge is 0.331 e. The van der Waals surface area contributed by atoms with E-state index in [9.17, 15) is 4.79 Å². The van der Waals surface area contributed by atoms with Gasteiger partial charge in [0, 0.05) is 23.0 Å². The second-order valence-electron chi connectivity index (χ2n) is 6.11. The molecular weight excluding hydrogens is 334 g/mol. The summed E-state index contributed by atoms with van der Waals surface area (Å²) in [6.07, 6.45) is 0. The molecule has 1 aromatic carbocycles. The Labute approximate surface area is 150 Å². The number of hydrogen-bond donors (Lipinski definition) is 2. The molecule has 2 N–H and O–H groups in total. The van der Waals surface area contributed by atoms with Gasteiger partial charge in [-0.25, -0.2) is 9.78 Å². The predicted octanol–water partition coefficient (Wildman–Crippen LogP) is 3.38. The van der Waals surface area contributed by atoms with Crippen LogP contribution in [0.3, 0.4) is 0 Å². The lowest BCUT2D eigenvalue weighted by Crippen LogP contribution is -2.28. The first-order chi connectivity index (χ1) is 12.0. The average Bonchev–Trinajstić information content (AvgIpc) is 3.00. The van der Waals surface area contributed by atoms with E-state index >= 15 is 0 Å². The summed E-state index contributed by atoms with van der Waals surface area (Å²) in [4.78, 5) is 23.3. The number of benzene rings is 1. The number of rotatable bonds is 5. The van der Waals surface area contributed by atoms with Crippen molar-refractivity contribution < 1.29 is 4.79 Å². The number of para-hydroxylation sites is 1. The summed E-state index contributed by atoms with van der Waals surface area (Å²) in [5, 5.41) is 9.63. The third-order valence-corrected chi connectivity index (χ3v) is 4.48. The summed E-state index contributed by atoms with van der Waals surface area (Å²) in [5.74, 6) is 0. The molecule has 0 atom stereocenters. The lowest BCUT2D eigenvalue weighted by Gasteiger charge is -2.09. The van der Waals surface area contributed by atoms with E-state index in [1.54, 1.807) is 11.3 Å². The zero-order valence-corrected chi connectivity index (χ0v) is 15.4. The molecule has 0 saturated carbocycles. The molecule has 0 aliphatic carbocycles. The van der Waals surface area contributed by atoms with Crippen molar-refractivity contribution in [3.8, 4) is 0 Å². The average molecular weight is 355 g/mol. The van der Waals surface area contributed by atoms with Gasteiger partial charge >= 0.3 is 6.03 Å². The molecule has 0 saturated heterocycles. The molecule has 7 heteroatoms. The Morgan fingerprint density at radius 3 is 2.84 bits per heavy atom. The summed E-state index contributed by atoms with van der Waals surface area (Å²) < 4.78 is 0. The van der Waals surface area contributed by atoms with Crippen molar-refractivity contribution in [2.45, 2.75) is 20.0 Å². The van der Waals surface area contributed by atoms with E-state index in [-0.39, 0.29) is 6.03 Å². The summed E-state index contributed by atoms with van der Waals surface area (Å²) in [6.45, 7) is 3.13. The fraction of sp³-hybridized carbons (Fsp3) is 0.278. The number of carbonyl (C=O) groups is 1. The van der Waals surface area contributed by atoms with Gasteiger partial charge in [0.15, 0.2) is 0 Å². The number of nitrogens with zero attached hydrogens (tertiary/aromatic N) is 3. The minimum atomic E-state index is -0.264. The topological polar surface area (TPSA) is 70.2 Å². The molecule has 0 aliphatic rings. The highest BCUT2D eigenvalue weighted by atomic mass is 32.1. The molecule has 0 unspecified atom stereocenters. The Morgan fingerprint density at radius 2 is 2.04 bits per heavy atom. The lowest BCUT2D eigenvalue weighted by atomic mass is 10.2. The summed E-state index contributed by atoms with van der Waals surface area (Å²) in [7, 11) is 4.01. The van der Waals surface area contributed by atoms with Gasteiger partial charge < -0.3 is 15.5 Å². The van der Waals surface area contributed by atoms with Crippen molar-refractivity contribution in [2.75, 3.05) is 19.4 Å².